The molecule has 0 heterocycles. The maximum atomic E-state index is 11.8. The molecule has 16 heavy (non-hydrogen) atoms. The third kappa shape index (κ3) is 3.01. The molecule has 0 bridgehead atoms. The van der Waals surface area contributed by atoms with Crippen molar-refractivity contribution in [1.82, 2.24) is 5.32 Å². The van der Waals surface area contributed by atoms with Crippen molar-refractivity contribution >= 4 is 11.9 Å². The summed E-state index contributed by atoms with van der Waals surface area (Å²) < 4.78 is 23.7. The molecule has 0 aliphatic rings. The first-order valence-corrected chi connectivity index (χ1v) is 4.41. The number of carboxylic acids is 1. The molecule has 1 rings (SSSR count). The average molecular weight is 229 g/mol. The Morgan fingerprint density at radius 3 is 2.31 bits per heavy atom. The van der Waals surface area contributed by atoms with Crippen molar-refractivity contribution in [3.05, 3.63) is 35.4 Å². The molecule has 0 aromatic heterocycles. The van der Waals surface area contributed by atoms with E-state index in [4.69, 9.17) is 5.11 Å². The van der Waals surface area contributed by atoms with E-state index in [2.05, 4.69) is 0 Å². The maximum Gasteiger partial charge on any atom is 0.336 e. The minimum Gasteiger partial charge on any atom is -0.478 e. The van der Waals surface area contributed by atoms with Gasteiger partial charge < -0.3 is 10.4 Å². The van der Waals surface area contributed by atoms with Gasteiger partial charge in [0.25, 0.3) is 12.3 Å². The zero-order valence-corrected chi connectivity index (χ0v) is 8.11. The van der Waals surface area contributed by atoms with E-state index in [9.17, 15) is 18.4 Å². The van der Waals surface area contributed by atoms with Crippen molar-refractivity contribution in [3.63, 3.8) is 0 Å². The van der Waals surface area contributed by atoms with Gasteiger partial charge in [-0.3, -0.25) is 4.79 Å². The second-order valence-electron chi connectivity index (χ2n) is 2.95. The molecular formula is C10H9F2NO3. The smallest absolute Gasteiger partial charge is 0.336 e. The second-order valence-corrected chi connectivity index (χ2v) is 2.95. The first kappa shape index (κ1) is 12.1. The highest BCUT2D eigenvalue weighted by atomic mass is 19.3. The summed E-state index contributed by atoms with van der Waals surface area (Å²) in [7, 11) is 0. The fourth-order valence-corrected chi connectivity index (χ4v) is 1.13. The molecule has 0 saturated carbocycles. The van der Waals surface area contributed by atoms with E-state index in [1.807, 2.05) is 5.32 Å². The molecule has 2 N–H and O–H groups in total. The van der Waals surface area contributed by atoms with Crippen LogP contribution in [0.4, 0.5) is 8.78 Å². The predicted molar refractivity (Wildman–Crippen MR) is 51.7 cm³/mol. The van der Waals surface area contributed by atoms with Crippen LogP contribution in [0, 0.1) is 0 Å². The van der Waals surface area contributed by atoms with Crippen LogP contribution in [0.1, 0.15) is 20.7 Å². The molecule has 1 aromatic carbocycles. The first-order chi connectivity index (χ1) is 7.52. The van der Waals surface area contributed by atoms with Crippen LogP contribution >= 0.6 is 0 Å². The van der Waals surface area contributed by atoms with Crippen LogP contribution in [0.3, 0.4) is 0 Å². The maximum absolute atomic E-state index is 11.8. The number of hydrogen-bond donors (Lipinski definition) is 2. The molecule has 0 radical (unpaired) electrons. The Hall–Kier alpha value is -1.98. The number of carbonyl (C=O) groups excluding carboxylic acids is 1. The first-order valence-electron chi connectivity index (χ1n) is 4.41. The third-order valence-electron chi connectivity index (χ3n) is 1.82. The Labute approximate surface area is 89.9 Å². The van der Waals surface area contributed by atoms with Crippen molar-refractivity contribution < 1.29 is 23.5 Å². The number of carboxylic acid groups (broad SMARTS) is 1. The van der Waals surface area contributed by atoms with Crippen LogP contribution in [0.2, 0.25) is 0 Å². The van der Waals surface area contributed by atoms with Crippen LogP contribution in [0.25, 0.3) is 0 Å². The van der Waals surface area contributed by atoms with E-state index in [0.717, 1.165) is 0 Å². The zero-order valence-electron chi connectivity index (χ0n) is 8.11. The van der Waals surface area contributed by atoms with E-state index >= 15 is 0 Å². The average Bonchev–Trinajstić information content (AvgIpc) is 2.25. The molecule has 1 aromatic rings. The lowest BCUT2D eigenvalue weighted by atomic mass is 10.1. The normalized spacial score (nSPS) is 10.2. The number of amides is 1. The molecule has 1 amide bonds. The van der Waals surface area contributed by atoms with Crippen LogP contribution in [0.5, 0.6) is 0 Å². The number of nitrogens with one attached hydrogen (secondary N) is 1. The molecule has 0 fully saturated rings. The van der Waals surface area contributed by atoms with Gasteiger partial charge in [-0.25, -0.2) is 13.6 Å². The van der Waals surface area contributed by atoms with Gasteiger partial charge in [-0.15, -0.1) is 0 Å². The Morgan fingerprint density at radius 2 is 1.81 bits per heavy atom. The Bertz CT molecular complexity index is 407. The summed E-state index contributed by atoms with van der Waals surface area (Å²) in [6, 6.07) is 5.42. The van der Waals surface area contributed by atoms with Crippen molar-refractivity contribution in [2.45, 2.75) is 6.43 Å². The van der Waals surface area contributed by atoms with Gasteiger partial charge in [0.05, 0.1) is 17.7 Å². The molecule has 4 nitrogen and oxygen atoms in total. The summed E-state index contributed by atoms with van der Waals surface area (Å²) in [5, 5.41) is 10.7. The van der Waals surface area contributed by atoms with Gasteiger partial charge in [0.1, 0.15) is 0 Å². The number of halogens is 2. The molecule has 0 unspecified atom stereocenters. The van der Waals surface area contributed by atoms with E-state index in [1.54, 1.807) is 0 Å². The van der Waals surface area contributed by atoms with E-state index in [1.165, 1.54) is 24.3 Å². The summed E-state index contributed by atoms with van der Waals surface area (Å²) in [4.78, 5) is 22.1. The van der Waals surface area contributed by atoms with E-state index in [-0.39, 0.29) is 11.1 Å². The standard InChI is InChI=1S/C10H9F2NO3/c11-8(12)5-13-9(14)6-3-1-2-4-7(6)10(15)16/h1-4,8H,5H2,(H,13,14)(H,15,16). The number of benzene rings is 1. The Balaban J connectivity index is 2.86. The Kier molecular flexibility index (Phi) is 3.93. The Morgan fingerprint density at radius 1 is 1.25 bits per heavy atom. The van der Waals surface area contributed by atoms with Gasteiger partial charge in [0, 0.05) is 0 Å². The van der Waals surface area contributed by atoms with Crippen molar-refractivity contribution in [2.24, 2.45) is 0 Å². The molecule has 6 heteroatoms. The minimum atomic E-state index is -2.67. The molecule has 86 valence electrons. The van der Waals surface area contributed by atoms with Gasteiger partial charge in [-0.2, -0.15) is 0 Å². The summed E-state index contributed by atoms with van der Waals surface area (Å²) >= 11 is 0. The van der Waals surface area contributed by atoms with Crippen LogP contribution in [-0.4, -0.2) is 30.0 Å². The summed E-state index contributed by atoms with van der Waals surface area (Å²) in [6.07, 6.45) is -2.67. The minimum absolute atomic E-state index is 0.129. The summed E-state index contributed by atoms with van der Waals surface area (Å²) in [6.45, 7) is -0.799. The van der Waals surface area contributed by atoms with Gasteiger partial charge in [0.15, 0.2) is 0 Å². The fraction of sp³-hybridized carbons (Fsp3) is 0.200. The zero-order chi connectivity index (χ0) is 12.1. The monoisotopic (exact) mass is 229 g/mol. The molecule has 0 aliphatic carbocycles. The summed E-state index contributed by atoms with van der Waals surface area (Å²) in [5.74, 6) is -2.10. The van der Waals surface area contributed by atoms with Crippen LogP contribution in [0.15, 0.2) is 24.3 Å². The van der Waals surface area contributed by atoms with Gasteiger partial charge in [0.2, 0.25) is 0 Å². The van der Waals surface area contributed by atoms with Crippen LogP contribution < -0.4 is 5.32 Å². The molecule has 0 saturated heterocycles. The van der Waals surface area contributed by atoms with Gasteiger partial charge in [-0.1, -0.05) is 12.1 Å². The lowest BCUT2D eigenvalue weighted by Crippen LogP contribution is -2.29. The highest BCUT2D eigenvalue weighted by Gasteiger charge is 2.16. The van der Waals surface area contributed by atoms with Gasteiger partial charge in [-0.05, 0) is 12.1 Å². The van der Waals surface area contributed by atoms with Crippen molar-refractivity contribution in [2.75, 3.05) is 6.54 Å². The van der Waals surface area contributed by atoms with E-state index in [0.29, 0.717) is 0 Å². The third-order valence-corrected chi connectivity index (χ3v) is 1.82. The largest absolute Gasteiger partial charge is 0.478 e. The number of aromatic carboxylic acids is 1. The molecule has 0 spiro atoms. The molecule has 0 aliphatic heterocycles. The molecule has 0 atom stereocenters. The highest BCUT2D eigenvalue weighted by Crippen LogP contribution is 2.08. The fourth-order valence-electron chi connectivity index (χ4n) is 1.13. The van der Waals surface area contributed by atoms with Crippen molar-refractivity contribution in [1.29, 1.82) is 0 Å². The molecular weight excluding hydrogens is 220 g/mol. The number of carbonyl (C=O) groups is 2. The summed E-state index contributed by atoms with van der Waals surface area (Å²) in [5.41, 5.74) is -0.343. The highest BCUT2D eigenvalue weighted by molar-refractivity contribution is 6.04. The SMILES string of the molecule is O=C(O)c1ccccc1C(=O)NCC(F)F. The topological polar surface area (TPSA) is 66.4 Å². The predicted octanol–water partition coefficient (Wildman–Crippen LogP) is 1.38. The number of rotatable bonds is 4. The van der Waals surface area contributed by atoms with E-state index < -0.39 is 24.8 Å². The quantitative estimate of drug-likeness (QED) is 0.819. The van der Waals surface area contributed by atoms with Crippen molar-refractivity contribution in [3.8, 4) is 0 Å². The number of hydrogen-bond acceptors (Lipinski definition) is 2. The number of alkyl halides is 2. The van der Waals surface area contributed by atoms with Crippen LogP contribution in [-0.2, 0) is 0 Å². The van der Waals surface area contributed by atoms with Gasteiger partial charge >= 0.3 is 5.97 Å². The second kappa shape index (κ2) is 5.20. The lowest BCUT2D eigenvalue weighted by Gasteiger charge is -2.06. The lowest BCUT2D eigenvalue weighted by molar-refractivity contribution is 0.0690.